The molecule has 104 valence electrons. The lowest BCUT2D eigenvalue weighted by molar-refractivity contribution is 0.0684. The zero-order valence-electron chi connectivity index (χ0n) is 11.3. The molecule has 0 atom stereocenters. The molecule has 1 aliphatic rings. The fourth-order valence-electron chi connectivity index (χ4n) is 1.99. The minimum Gasteiger partial charge on any atom is -0.473 e. The van der Waals surface area contributed by atoms with Crippen LogP contribution in [0.25, 0.3) is 0 Å². The van der Waals surface area contributed by atoms with Crippen LogP contribution in [0.4, 0.5) is 4.79 Å². The number of ether oxygens (including phenoxy) is 2. The molecule has 6 heteroatoms. The number of carbonyl (C=O) groups excluding carboxylic acids is 1. The van der Waals surface area contributed by atoms with Crippen LogP contribution in [0.2, 0.25) is 0 Å². The molecule has 0 spiro atoms. The molecule has 0 bridgehead atoms. The standard InChI is InChI=1S/C13H19N3O3/c1-3-18-13(17)16-8-6-11(7-9-16)19-12-5-4-10(2)14-15-12/h4-5,11H,3,6-9H2,1-2H3. The van der Waals surface area contributed by atoms with Crippen molar-refractivity contribution in [3.63, 3.8) is 0 Å². The summed E-state index contributed by atoms with van der Waals surface area (Å²) in [5.74, 6) is 0.542. The monoisotopic (exact) mass is 265 g/mol. The van der Waals surface area contributed by atoms with E-state index in [-0.39, 0.29) is 12.2 Å². The lowest BCUT2D eigenvalue weighted by atomic mass is 10.1. The number of carbonyl (C=O) groups is 1. The van der Waals surface area contributed by atoms with Crippen LogP contribution >= 0.6 is 0 Å². The van der Waals surface area contributed by atoms with Gasteiger partial charge >= 0.3 is 6.09 Å². The van der Waals surface area contributed by atoms with Crippen LogP contribution in [0.15, 0.2) is 12.1 Å². The Morgan fingerprint density at radius 3 is 2.68 bits per heavy atom. The van der Waals surface area contributed by atoms with Gasteiger partial charge in [0.1, 0.15) is 6.10 Å². The van der Waals surface area contributed by atoms with E-state index < -0.39 is 0 Å². The third-order valence-electron chi connectivity index (χ3n) is 3.03. The van der Waals surface area contributed by atoms with Gasteiger partial charge in [-0.15, -0.1) is 5.10 Å². The smallest absolute Gasteiger partial charge is 0.409 e. The zero-order chi connectivity index (χ0) is 13.7. The van der Waals surface area contributed by atoms with Crippen LogP contribution in [-0.2, 0) is 4.74 Å². The van der Waals surface area contributed by atoms with Crippen LogP contribution in [0.5, 0.6) is 5.88 Å². The van der Waals surface area contributed by atoms with E-state index in [2.05, 4.69) is 10.2 Å². The molecule has 1 aromatic rings. The number of aryl methyl sites for hydroxylation is 1. The second-order valence-corrected chi connectivity index (χ2v) is 4.52. The second kappa shape index (κ2) is 6.36. The van der Waals surface area contributed by atoms with Crippen molar-refractivity contribution in [2.45, 2.75) is 32.8 Å². The lowest BCUT2D eigenvalue weighted by Crippen LogP contribution is -2.42. The number of nitrogens with zero attached hydrogens (tertiary/aromatic N) is 3. The molecule has 19 heavy (non-hydrogen) atoms. The van der Waals surface area contributed by atoms with Crippen molar-refractivity contribution in [1.82, 2.24) is 15.1 Å². The maximum absolute atomic E-state index is 11.5. The molecular weight excluding hydrogens is 246 g/mol. The van der Waals surface area contributed by atoms with Crippen molar-refractivity contribution >= 4 is 6.09 Å². The highest BCUT2D eigenvalue weighted by atomic mass is 16.6. The molecule has 0 radical (unpaired) electrons. The number of piperidine rings is 1. The number of aromatic nitrogens is 2. The van der Waals surface area contributed by atoms with Crippen molar-refractivity contribution in [2.24, 2.45) is 0 Å². The molecule has 1 aliphatic heterocycles. The Bertz CT molecular complexity index is 414. The number of rotatable bonds is 3. The van der Waals surface area contributed by atoms with Crippen LogP contribution in [-0.4, -0.2) is 47.0 Å². The Hall–Kier alpha value is -1.85. The van der Waals surface area contributed by atoms with Gasteiger partial charge in [0.2, 0.25) is 5.88 Å². The van der Waals surface area contributed by atoms with Crippen molar-refractivity contribution in [2.75, 3.05) is 19.7 Å². The molecule has 0 N–H and O–H groups in total. The van der Waals surface area contributed by atoms with Crippen LogP contribution in [0.1, 0.15) is 25.5 Å². The lowest BCUT2D eigenvalue weighted by Gasteiger charge is -2.30. The highest BCUT2D eigenvalue weighted by Crippen LogP contribution is 2.17. The SMILES string of the molecule is CCOC(=O)N1CCC(Oc2ccc(C)nn2)CC1. The highest BCUT2D eigenvalue weighted by Gasteiger charge is 2.24. The molecule has 0 aliphatic carbocycles. The fourth-order valence-corrected chi connectivity index (χ4v) is 1.99. The topological polar surface area (TPSA) is 64.5 Å². The maximum atomic E-state index is 11.5. The van der Waals surface area contributed by atoms with Gasteiger partial charge in [-0.3, -0.25) is 0 Å². The predicted molar refractivity (Wildman–Crippen MR) is 69.0 cm³/mol. The number of likely N-dealkylation sites (tertiary alicyclic amines) is 1. The van der Waals surface area contributed by atoms with Gasteiger partial charge in [0.25, 0.3) is 0 Å². The first-order valence-electron chi connectivity index (χ1n) is 6.57. The van der Waals surface area contributed by atoms with Gasteiger partial charge in [0.05, 0.1) is 12.3 Å². The molecular formula is C13H19N3O3. The summed E-state index contributed by atoms with van der Waals surface area (Å²) < 4.78 is 10.7. The molecule has 1 amide bonds. The first-order valence-corrected chi connectivity index (χ1v) is 6.57. The summed E-state index contributed by atoms with van der Waals surface area (Å²) >= 11 is 0. The quantitative estimate of drug-likeness (QED) is 0.833. The van der Waals surface area contributed by atoms with E-state index in [1.807, 2.05) is 26.0 Å². The Balaban J connectivity index is 1.80. The average molecular weight is 265 g/mol. The minimum absolute atomic E-state index is 0.0858. The third kappa shape index (κ3) is 3.81. The number of hydrogen-bond donors (Lipinski definition) is 0. The van der Waals surface area contributed by atoms with E-state index in [4.69, 9.17) is 9.47 Å². The van der Waals surface area contributed by atoms with Crippen LogP contribution < -0.4 is 4.74 Å². The Kier molecular flexibility index (Phi) is 4.54. The van der Waals surface area contributed by atoms with E-state index in [1.165, 1.54) is 0 Å². The Morgan fingerprint density at radius 2 is 2.11 bits per heavy atom. The summed E-state index contributed by atoms with van der Waals surface area (Å²) in [6.45, 7) is 5.41. The van der Waals surface area contributed by atoms with Gasteiger partial charge < -0.3 is 14.4 Å². The largest absolute Gasteiger partial charge is 0.473 e. The van der Waals surface area contributed by atoms with Gasteiger partial charge in [-0.25, -0.2) is 4.79 Å². The number of amides is 1. The maximum Gasteiger partial charge on any atom is 0.409 e. The summed E-state index contributed by atoms with van der Waals surface area (Å²) in [4.78, 5) is 13.3. The van der Waals surface area contributed by atoms with E-state index in [0.29, 0.717) is 25.6 Å². The van der Waals surface area contributed by atoms with Gasteiger partial charge in [-0.05, 0) is 19.9 Å². The number of hydrogen-bond acceptors (Lipinski definition) is 5. The molecule has 1 fully saturated rings. The van der Waals surface area contributed by atoms with Crippen LogP contribution in [0, 0.1) is 6.92 Å². The summed E-state index contributed by atoms with van der Waals surface area (Å²) in [7, 11) is 0. The minimum atomic E-state index is -0.240. The van der Waals surface area contributed by atoms with Gasteiger partial charge in [-0.2, -0.15) is 5.10 Å². The molecule has 2 rings (SSSR count). The van der Waals surface area contributed by atoms with Crippen molar-refractivity contribution in [3.05, 3.63) is 17.8 Å². The molecule has 2 heterocycles. The molecule has 1 aromatic heterocycles. The van der Waals surface area contributed by atoms with Gasteiger partial charge in [0, 0.05) is 32.0 Å². The van der Waals surface area contributed by atoms with E-state index in [9.17, 15) is 4.79 Å². The third-order valence-corrected chi connectivity index (χ3v) is 3.03. The molecule has 1 saturated heterocycles. The molecule has 6 nitrogen and oxygen atoms in total. The average Bonchev–Trinajstić information content (AvgIpc) is 2.42. The zero-order valence-corrected chi connectivity index (χ0v) is 11.3. The van der Waals surface area contributed by atoms with E-state index in [1.54, 1.807) is 4.90 Å². The summed E-state index contributed by atoms with van der Waals surface area (Å²) in [6.07, 6.45) is 1.42. The van der Waals surface area contributed by atoms with E-state index in [0.717, 1.165) is 18.5 Å². The summed E-state index contributed by atoms with van der Waals surface area (Å²) in [6, 6.07) is 3.69. The Labute approximate surface area is 112 Å². The van der Waals surface area contributed by atoms with E-state index >= 15 is 0 Å². The second-order valence-electron chi connectivity index (χ2n) is 4.52. The van der Waals surface area contributed by atoms with Crippen LogP contribution in [0.3, 0.4) is 0 Å². The normalized spacial score (nSPS) is 16.2. The molecule has 0 aromatic carbocycles. The first-order chi connectivity index (χ1) is 9.19. The van der Waals surface area contributed by atoms with Crippen molar-refractivity contribution in [1.29, 1.82) is 0 Å². The van der Waals surface area contributed by atoms with Crippen molar-refractivity contribution < 1.29 is 14.3 Å². The molecule has 0 saturated carbocycles. The predicted octanol–water partition coefficient (Wildman–Crippen LogP) is 1.78. The highest BCUT2D eigenvalue weighted by molar-refractivity contribution is 5.67. The summed E-state index contributed by atoms with van der Waals surface area (Å²) in [5.41, 5.74) is 0.865. The van der Waals surface area contributed by atoms with Gasteiger partial charge in [-0.1, -0.05) is 0 Å². The first kappa shape index (κ1) is 13.6. The van der Waals surface area contributed by atoms with Crippen molar-refractivity contribution in [3.8, 4) is 5.88 Å². The fraction of sp³-hybridized carbons (Fsp3) is 0.615. The summed E-state index contributed by atoms with van der Waals surface area (Å²) in [5, 5.41) is 7.93. The van der Waals surface area contributed by atoms with Gasteiger partial charge in [0.15, 0.2) is 0 Å². The Morgan fingerprint density at radius 1 is 1.37 bits per heavy atom. The molecule has 0 unspecified atom stereocenters.